The molecule has 6 heteroatoms. The third-order valence-electron chi connectivity index (χ3n) is 7.51. The number of hydrogen-bond donors (Lipinski definition) is 2. The molecule has 0 rings (SSSR count). The number of carboxylic acid groups (broad SMARTS) is 1. The number of nitrogens with one attached hydrogen (secondary N) is 1. The molecule has 0 bridgehead atoms. The van der Waals surface area contributed by atoms with Gasteiger partial charge in [-0.1, -0.05) is 136 Å². The molecule has 0 aromatic carbocycles. The molecule has 230 valence electrons. The highest BCUT2D eigenvalue weighted by Crippen LogP contribution is 2.17. The zero-order valence-electron chi connectivity index (χ0n) is 25.7. The Morgan fingerprint density at radius 1 is 0.564 bits per heavy atom. The van der Waals surface area contributed by atoms with E-state index < -0.39 is 5.97 Å². The molecule has 0 saturated carbocycles. The van der Waals surface area contributed by atoms with Gasteiger partial charge in [-0.05, 0) is 32.1 Å². The van der Waals surface area contributed by atoms with Crippen molar-refractivity contribution in [1.82, 2.24) is 5.32 Å². The minimum atomic E-state index is -1.03. The smallest absolute Gasteiger partial charge is 0.322 e. The molecule has 1 unspecified atom stereocenters. The van der Waals surface area contributed by atoms with Crippen LogP contribution in [-0.2, 0) is 19.1 Å². The van der Waals surface area contributed by atoms with E-state index in [2.05, 4.69) is 19.2 Å². The van der Waals surface area contributed by atoms with Gasteiger partial charge in [-0.15, -0.1) is 0 Å². The van der Waals surface area contributed by atoms with E-state index in [-0.39, 0.29) is 24.5 Å². The Balaban J connectivity index is 3.54. The number of carbonyl (C=O) groups is 3. The molecule has 1 amide bonds. The van der Waals surface area contributed by atoms with Gasteiger partial charge in [-0.25, -0.2) is 0 Å². The van der Waals surface area contributed by atoms with Crippen molar-refractivity contribution in [3.8, 4) is 0 Å². The van der Waals surface area contributed by atoms with Gasteiger partial charge in [0.05, 0.1) is 0 Å². The van der Waals surface area contributed by atoms with Crippen LogP contribution in [0.1, 0.15) is 181 Å². The molecule has 0 aromatic rings. The summed E-state index contributed by atoms with van der Waals surface area (Å²) >= 11 is 0. The number of unbranched alkanes of at least 4 members (excludes halogenated alkanes) is 19. The largest absolute Gasteiger partial charge is 0.480 e. The molecule has 0 saturated heterocycles. The van der Waals surface area contributed by atoms with Crippen molar-refractivity contribution in [3.05, 3.63) is 0 Å². The first kappa shape index (κ1) is 37.4. The van der Waals surface area contributed by atoms with Gasteiger partial charge in [-0.3, -0.25) is 14.4 Å². The lowest BCUT2D eigenvalue weighted by molar-refractivity contribution is -0.150. The summed E-state index contributed by atoms with van der Waals surface area (Å²) in [7, 11) is 0. The predicted octanol–water partition coefficient (Wildman–Crippen LogP) is 9.28. The van der Waals surface area contributed by atoms with Crippen LogP contribution in [-0.4, -0.2) is 35.6 Å². The molecule has 0 fully saturated rings. The lowest BCUT2D eigenvalue weighted by atomic mass is 10.0. The topological polar surface area (TPSA) is 92.7 Å². The van der Waals surface area contributed by atoms with Crippen LogP contribution in [0.2, 0.25) is 0 Å². The summed E-state index contributed by atoms with van der Waals surface area (Å²) < 4.78 is 5.73. The van der Waals surface area contributed by atoms with Crippen LogP contribution in [0, 0.1) is 0 Å². The van der Waals surface area contributed by atoms with E-state index in [0.29, 0.717) is 12.8 Å². The van der Waals surface area contributed by atoms with Crippen LogP contribution in [0.15, 0.2) is 0 Å². The second-order valence-corrected chi connectivity index (χ2v) is 11.4. The molecule has 1 atom stereocenters. The van der Waals surface area contributed by atoms with Crippen LogP contribution < -0.4 is 5.32 Å². The Bertz CT molecular complexity index is 580. The van der Waals surface area contributed by atoms with Crippen molar-refractivity contribution >= 4 is 17.8 Å². The number of ether oxygens (including phenoxy) is 1. The van der Waals surface area contributed by atoms with Crippen molar-refractivity contribution in [2.75, 3.05) is 6.54 Å². The molecule has 0 aliphatic rings. The molecule has 0 spiro atoms. The number of hydrogen-bond acceptors (Lipinski definition) is 4. The molecule has 0 aliphatic heterocycles. The van der Waals surface area contributed by atoms with E-state index in [4.69, 9.17) is 9.84 Å². The summed E-state index contributed by atoms with van der Waals surface area (Å²) in [6, 6.07) is 0. The highest BCUT2D eigenvalue weighted by molar-refractivity contribution is 5.80. The minimum Gasteiger partial charge on any atom is -0.480 e. The maximum atomic E-state index is 12.3. The highest BCUT2D eigenvalue weighted by atomic mass is 16.5. The van der Waals surface area contributed by atoms with Gasteiger partial charge in [-0.2, -0.15) is 0 Å². The van der Waals surface area contributed by atoms with E-state index in [1.165, 1.54) is 103 Å². The van der Waals surface area contributed by atoms with Gasteiger partial charge >= 0.3 is 11.9 Å². The molecular formula is C33H63NO5. The van der Waals surface area contributed by atoms with E-state index >= 15 is 0 Å². The SMILES string of the molecule is CCCCCCCCCCCCCCCCCCCCC(=O)OC(CCC)CCCCCC(=O)NCC(=O)O. The van der Waals surface area contributed by atoms with E-state index in [1.807, 2.05) is 0 Å². The van der Waals surface area contributed by atoms with Gasteiger partial charge < -0.3 is 15.2 Å². The number of esters is 1. The molecule has 0 radical (unpaired) electrons. The van der Waals surface area contributed by atoms with Gasteiger partial charge in [0.25, 0.3) is 0 Å². The summed E-state index contributed by atoms with van der Waals surface area (Å²) in [4.78, 5) is 34.3. The highest BCUT2D eigenvalue weighted by Gasteiger charge is 2.13. The number of carbonyl (C=O) groups excluding carboxylic acids is 2. The number of amides is 1. The van der Waals surface area contributed by atoms with Crippen LogP contribution in [0.3, 0.4) is 0 Å². The molecule has 39 heavy (non-hydrogen) atoms. The van der Waals surface area contributed by atoms with Gasteiger partial charge in [0.15, 0.2) is 0 Å². The van der Waals surface area contributed by atoms with Crippen LogP contribution in [0.25, 0.3) is 0 Å². The second kappa shape index (κ2) is 29.4. The zero-order valence-corrected chi connectivity index (χ0v) is 25.7. The normalized spacial score (nSPS) is 11.8. The van der Waals surface area contributed by atoms with Crippen molar-refractivity contribution in [3.63, 3.8) is 0 Å². The van der Waals surface area contributed by atoms with Crippen molar-refractivity contribution in [1.29, 1.82) is 0 Å². The predicted molar refractivity (Wildman–Crippen MR) is 162 cm³/mol. The molecule has 6 nitrogen and oxygen atoms in total. The minimum absolute atomic E-state index is 0.0288. The first-order valence-corrected chi connectivity index (χ1v) is 16.7. The third-order valence-corrected chi connectivity index (χ3v) is 7.51. The maximum absolute atomic E-state index is 12.3. The van der Waals surface area contributed by atoms with Gasteiger partial charge in [0.2, 0.25) is 5.91 Å². The second-order valence-electron chi connectivity index (χ2n) is 11.4. The Morgan fingerprint density at radius 3 is 1.46 bits per heavy atom. The van der Waals surface area contributed by atoms with E-state index in [9.17, 15) is 14.4 Å². The monoisotopic (exact) mass is 553 g/mol. The third kappa shape index (κ3) is 29.2. The Hall–Kier alpha value is -1.59. The molecule has 0 heterocycles. The van der Waals surface area contributed by atoms with Crippen molar-refractivity contribution in [2.45, 2.75) is 187 Å². The fraction of sp³-hybridized carbons (Fsp3) is 0.909. The van der Waals surface area contributed by atoms with Crippen LogP contribution >= 0.6 is 0 Å². The molecule has 0 aliphatic carbocycles. The van der Waals surface area contributed by atoms with Gasteiger partial charge in [0, 0.05) is 12.8 Å². The standard InChI is InChI=1S/C33H63NO5/c1-3-5-6-7-8-9-10-11-12-13-14-15-16-17-18-19-20-24-28-33(38)39-30(25-4-2)26-22-21-23-27-31(35)34-29-32(36)37/h30H,3-29H2,1-2H3,(H,34,35)(H,36,37). The summed E-state index contributed by atoms with van der Waals surface area (Å²) in [5, 5.41) is 11.0. The average molecular weight is 554 g/mol. The lowest BCUT2D eigenvalue weighted by Crippen LogP contribution is -2.28. The summed E-state index contributed by atoms with van der Waals surface area (Å²) in [6.45, 7) is 4.05. The van der Waals surface area contributed by atoms with E-state index in [0.717, 1.165) is 51.4 Å². The molecule has 0 aromatic heterocycles. The lowest BCUT2D eigenvalue weighted by Gasteiger charge is -2.17. The number of carboxylic acids is 1. The Kier molecular flexibility index (Phi) is 28.2. The van der Waals surface area contributed by atoms with Crippen LogP contribution in [0.4, 0.5) is 0 Å². The molecule has 2 N–H and O–H groups in total. The quantitative estimate of drug-likeness (QED) is 0.0683. The average Bonchev–Trinajstić information content (AvgIpc) is 2.91. The van der Waals surface area contributed by atoms with Crippen molar-refractivity contribution in [2.24, 2.45) is 0 Å². The Morgan fingerprint density at radius 2 is 1.00 bits per heavy atom. The fourth-order valence-electron chi connectivity index (χ4n) is 5.10. The van der Waals surface area contributed by atoms with Crippen LogP contribution in [0.5, 0.6) is 0 Å². The first-order valence-electron chi connectivity index (χ1n) is 16.7. The fourth-order valence-corrected chi connectivity index (χ4v) is 5.10. The number of aliphatic carboxylic acids is 1. The van der Waals surface area contributed by atoms with E-state index in [1.54, 1.807) is 0 Å². The maximum Gasteiger partial charge on any atom is 0.322 e. The summed E-state index contributed by atoms with van der Waals surface area (Å²) in [5.41, 5.74) is 0. The summed E-state index contributed by atoms with van der Waals surface area (Å²) in [6.07, 6.45) is 30.1. The number of rotatable bonds is 30. The summed E-state index contributed by atoms with van der Waals surface area (Å²) in [5.74, 6) is -1.33. The van der Waals surface area contributed by atoms with Crippen molar-refractivity contribution < 1.29 is 24.2 Å². The molecular weight excluding hydrogens is 490 g/mol. The first-order chi connectivity index (χ1) is 19.0. The Labute approximate surface area is 240 Å². The zero-order chi connectivity index (χ0) is 28.8. The van der Waals surface area contributed by atoms with Gasteiger partial charge in [0.1, 0.15) is 12.6 Å².